The van der Waals surface area contributed by atoms with E-state index in [1.165, 1.54) is 31.4 Å². The van der Waals surface area contributed by atoms with Crippen LogP contribution in [0.25, 0.3) is 22.3 Å². The standard InChI is InChI=1S/C22H15FN4O4/c1-30-22(28)15-7-8-18-19(10-15)27(29)20(25-18)11-13-5-6-14(9-16(13)23)17-3-2-4-21(26-17)31-12-24/h2-10,29H,11H2,1H3. The van der Waals surface area contributed by atoms with Crippen LogP contribution in [0.15, 0.2) is 54.6 Å². The zero-order chi connectivity index (χ0) is 22.0. The van der Waals surface area contributed by atoms with E-state index in [0.29, 0.717) is 27.9 Å². The molecule has 2 heterocycles. The fourth-order valence-corrected chi connectivity index (χ4v) is 3.17. The van der Waals surface area contributed by atoms with Crippen LogP contribution in [0.2, 0.25) is 0 Å². The highest BCUT2D eigenvalue weighted by molar-refractivity contribution is 5.93. The fourth-order valence-electron chi connectivity index (χ4n) is 3.17. The SMILES string of the molecule is COC(=O)c1ccc2nc(Cc3ccc(-c4cccc(OC#N)n4)cc3F)n(O)c2c1. The minimum absolute atomic E-state index is 0.0237. The summed E-state index contributed by atoms with van der Waals surface area (Å²) in [4.78, 5) is 20.2. The Morgan fingerprint density at radius 3 is 2.77 bits per heavy atom. The van der Waals surface area contributed by atoms with Crippen LogP contribution in [0.3, 0.4) is 0 Å². The third kappa shape index (κ3) is 3.86. The van der Waals surface area contributed by atoms with Crippen molar-refractivity contribution < 1.29 is 23.9 Å². The fraction of sp³-hybridized carbons (Fsp3) is 0.0909. The second-order valence-corrected chi connectivity index (χ2v) is 6.57. The second kappa shape index (κ2) is 8.12. The number of nitrogens with zero attached hydrogens (tertiary/aromatic N) is 4. The summed E-state index contributed by atoms with van der Waals surface area (Å²) in [6, 6.07) is 14.0. The maximum atomic E-state index is 14.8. The van der Waals surface area contributed by atoms with Crippen molar-refractivity contribution in [3.8, 4) is 23.4 Å². The van der Waals surface area contributed by atoms with Gasteiger partial charge in [0, 0.05) is 18.1 Å². The first-order valence-corrected chi connectivity index (χ1v) is 9.11. The molecule has 0 amide bonds. The molecule has 4 aromatic rings. The highest BCUT2D eigenvalue weighted by atomic mass is 19.1. The number of pyridine rings is 1. The Hall–Kier alpha value is -4.45. The number of rotatable bonds is 5. The summed E-state index contributed by atoms with van der Waals surface area (Å²) in [6.45, 7) is 0. The summed E-state index contributed by atoms with van der Waals surface area (Å²) < 4.78 is 25.0. The van der Waals surface area contributed by atoms with Crippen LogP contribution in [-0.4, -0.2) is 33.0 Å². The molecule has 0 fully saturated rings. The van der Waals surface area contributed by atoms with Crippen molar-refractivity contribution in [1.82, 2.24) is 14.7 Å². The van der Waals surface area contributed by atoms with Gasteiger partial charge in [-0.3, -0.25) is 0 Å². The molecule has 0 bridgehead atoms. The number of fused-ring (bicyclic) bond motifs is 1. The van der Waals surface area contributed by atoms with Crippen molar-refractivity contribution in [2.75, 3.05) is 7.11 Å². The van der Waals surface area contributed by atoms with Gasteiger partial charge in [0.1, 0.15) is 17.2 Å². The normalized spacial score (nSPS) is 10.6. The highest BCUT2D eigenvalue weighted by Crippen LogP contribution is 2.25. The van der Waals surface area contributed by atoms with Crippen molar-refractivity contribution in [3.63, 3.8) is 0 Å². The molecule has 2 aromatic heterocycles. The van der Waals surface area contributed by atoms with Gasteiger partial charge in [-0.1, -0.05) is 18.2 Å². The maximum absolute atomic E-state index is 14.8. The van der Waals surface area contributed by atoms with Crippen LogP contribution < -0.4 is 4.74 Å². The summed E-state index contributed by atoms with van der Waals surface area (Å²) in [7, 11) is 1.27. The number of halogens is 1. The Morgan fingerprint density at radius 1 is 1.19 bits per heavy atom. The van der Waals surface area contributed by atoms with E-state index in [2.05, 4.69) is 14.7 Å². The number of aromatic nitrogens is 3. The average Bonchev–Trinajstić information content (AvgIpc) is 3.09. The predicted molar refractivity (Wildman–Crippen MR) is 107 cm³/mol. The predicted octanol–water partition coefficient (Wildman–Crippen LogP) is 3.71. The number of imidazole rings is 1. The number of carbonyl (C=O) groups is 1. The van der Waals surface area contributed by atoms with Gasteiger partial charge < -0.3 is 14.7 Å². The third-order valence-electron chi connectivity index (χ3n) is 4.69. The largest absolute Gasteiger partial charge is 0.465 e. The van der Waals surface area contributed by atoms with Crippen LogP contribution in [-0.2, 0) is 11.2 Å². The van der Waals surface area contributed by atoms with E-state index >= 15 is 0 Å². The van der Waals surface area contributed by atoms with Gasteiger partial charge in [0.05, 0.1) is 23.9 Å². The number of carbonyl (C=O) groups excluding carboxylic acids is 1. The Kier molecular flexibility index (Phi) is 5.20. The number of methoxy groups -OCH3 is 1. The molecule has 9 heteroatoms. The summed E-state index contributed by atoms with van der Waals surface area (Å²) in [5.41, 5.74) is 2.30. The van der Waals surface area contributed by atoms with Gasteiger partial charge in [0.15, 0.2) is 0 Å². The van der Waals surface area contributed by atoms with Gasteiger partial charge in [-0.15, -0.1) is 5.26 Å². The van der Waals surface area contributed by atoms with E-state index in [-0.39, 0.29) is 23.7 Å². The molecule has 0 saturated heterocycles. The quantitative estimate of drug-likeness (QED) is 0.299. The van der Waals surface area contributed by atoms with Crippen LogP contribution in [0.1, 0.15) is 21.7 Å². The molecular weight excluding hydrogens is 403 g/mol. The van der Waals surface area contributed by atoms with E-state index in [4.69, 9.17) is 10.00 Å². The lowest BCUT2D eigenvalue weighted by atomic mass is 10.1. The van der Waals surface area contributed by atoms with E-state index in [1.807, 2.05) is 0 Å². The van der Waals surface area contributed by atoms with Crippen molar-refractivity contribution >= 4 is 17.0 Å². The zero-order valence-electron chi connectivity index (χ0n) is 16.2. The van der Waals surface area contributed by atoms with Crippen LogP contribution in [0.4, 0.5) is 4.39 Å². The number of ether oxygens (including phenoxy) is 2. The Bertz CT molecular complexity index is 1340. The Morgan fingerprint density at radius 2 is 2.03 bits per heavy atom. The van der Waals surface area contributed by atoms with Crippen molar-refractivity contribution in [3.05, 3.63) is 77.4 Å². The first kappa shape index (κ1) is 19.8. The summed E-state index contributed by atoms with van der Waals surface area (Å²) in [5, 5.41) is 19.1. The van der Waals surface area contributed by atoms with Gasteiger partial charge in [-0.2, -0.15) is 4.73 Å². The van der Waals surface area contributed by atoms with Gasteiger partial charge in [0.25, 0.3) is 6.26 Å². The molecule has 8 nitrogen and oxygen atoms in total. The van der Waals surface area contributed by atoms with E-state index in [9.17, 15) is 14.4 Å². The summed E-state index contributed by atoms with van der Waals surface area (Å²) in [6.07, 6.45) is 1.57. The number of nitriles is 1. The van der Waals surface area contributed by atoms with Crippen LogP contribution in [0.5, 0.6) is 5.88 Å². The molecule has 0 radical (unpaired) electrons. The lowest BCUT2D eigenvalue weighted by Gasteiger charge is -2.07. The highest BCUT2D eigenvalue weighted by Gasteiger charge is 2.16. The molecule has 1 N–H and O–H groups in total. The molecule has 0 spiro atoms. The van der Waals surface area contributed by atoms with E-state index in [1.54, 1.807) is 36.6 Å². The first-order valence-electron chi connectivity index (χ1n) is 9.11. The van der Waals surface area contributed by atoms with Gasteiger partial charge in [-0.05, 0) is 35.9 Å². The molecule has 0 aliphatic rings. The van der Waals surface area contributed by atoms with Crippen molar-refractivity contribution in [1.29, 1.82) is 5.26 Å². The minimum Gasteiger partial charge on any atom is -0.465 e. The summed E-state index contributed by atoms with van der Waals surface area (Å²) >= 11 is 0. The lowest BCUT2D eigenvalue weighted by molar-refractivity contribution is 0.0601. The molecular formula is C22H15FN4O4. The molecule has 0 aliphatic carbocycles. The molecule has 2 aromatic carbocycles. The van der Waals surface area contributed by atoms with Crippen LogP contribution in [0, 0.1) is 17.3 Å². The lowest BCUT2D eigenvalue weighted by Crippen LogP contribution is -2.03. The number of hydrogen-bond acceptors (Lipinski definition) is 7. The molecule has 0 aliphatic heterocycles. The molecule has 0 saturated carbocycles. The number of benzene rings is 2. The number of esters is 1. The van der Waals surface area contributed by atoms with Crippen LogP contribution >= 0.6 is 0 Å². The smallest absolute Gasteiger partial charge is 0.337 e. The summed E-state index contributed by atoms with van der Waals surface area (Å²) in [5.74, 6) is -0.714. The van der Waals surface area contributed by atoms with Gasteiger partial charge >= 0.3 is 5.97 Å². The first-order chi connectivity index (χ1) is 15.0. The Balaban J connectivity index is 1.63. The molecule has 4 rings (SSSR count). The van der Waals surface area contributed by atoms with Gasteiger partial charge in [0.2, 0.25) is 5.88 Å². The van der Waals surface area contributed by atoms with Crippen molar-refractivity contribution in [2.24, 2.45) is 0 Å². The second-order valence-electron chi connectivity index (χ2n) is 6.57. The maximum Gasteiger partial charge on any atom is 0.337 e. The molecule has 0 unspecified atom stereocenters. The minimum atomic E-state index is -0.538. The Labute approximate surface area is 175 Å². The zero-order valence-corrected chi connectivity index (χ0v) is 16.2. The molecule has 31 heavy (non-hydrogen) atoms. The monoisotopic (exact) mass is 418 g/mol. The van der Waals surface area contributed by atoms with Crippen molar-refractivity contribution in [2.45, 2.75) is 6.42 Å². The van der Waals surface area contributed by atoms with Gasteiger partial charge in [-0.25, -0.2) is 19.2 Å². The van der Waals surface area contributed by atoms with E-state index < -0.39 is 11.8 Å². The average molecular weight is 418 g/mol. The third-order valence-corrected chi connectivity index (χ3v) is 4.69. The van der Waals surface area contributed by atoms with E-state index in [0.717, 1.165) is 4.73 Å². The molecule has 154 valence electrons. The number of hydrogen-bond donors (Lipinski definition) is 1. The topological polar surface area (TPSA) is 110 Å². The molecule has 0 atom stereocenters.